The zero-order valence-corrected chi connectivity index (χ0v) is 10.4. The summed E-state index contributed by atoms with van der Waals surface area (Å²) in [4.78, 5) is 11.5. The van der Waals surface area contributed by atoms with Gasteiger partial charge < -0.3 is 10.1 Å². The van der Waals surface area contributed by atoms with Gasteiger partial charge in [-0.3, -0.25) is 4.68 Å². The van der Waals surface area contributed by atoms with Crippen LogP contribution in [0.25, 0.3) is 0 Å². The molecule has 0 aliphatic carbocycles. The number of carbonyl (C=O) groups excluding carboxylic acids is 1. The van der Waals surface area contributed by atoms with Crippen LogP contribution in [0, 0.1) is 0 Å². The van der Waals surface area contributed by atoms with E-state index in [2.05, 4.69) is 10.4 Å². The molecule has 16 heavy (non-hydrogen) atoms. The van der Waals surface area contributed by atoms with Crippen LogP contribution < -0.4 is 5.32 Å². The highest BCUT2D eigenvalue weighted by atomic mass is 16.6. The van der Waals surface area contributed by atoms with Gasteiger partial charge in [-0.15, -0.1) is 0 Å². The summed E-state index contributed by atoms with van der Waals surface area (Å²) in [6, 6.07) is 1.71. The van der Waals surface area contributed by atoms with E-state index < -0.39 is 11.7 Å². The number of nitrogens with one attached hydrogen (secondary N) is 1. The van der Waals surface area contributed by atoms with Crippen LogP contribution in [0.3, 0.4) is 0 Å². The van der Waals surface area contributed by atoms with Gasteiger partial charge in [0.1, 0.15) is 5.60 Å². The maximum Gasteiger partial charge on any atom is 0.408 e. The number of hydrogen-bond donors (Lipinski definition) is 1. The molecule has 0 aromatic carbocycles. The number of nitrogens with zero attached hydrogens (tertiary/aromatic N) is 2. The number of aromatic nitrogens is 2. The van der Waals surface area contributed by atoms with Crippen molar-refractivity contribution in [1.29, 1.82) is 0 Å². The number of amides is 1. The van der Waals surface area contributed by atoms with Crippen molar-refractivity contribution < 1.29 is 9.53 Å². The lowest BCUT2D eigenvalue weighted by molar-refractivity contribution is 0.0507. The van der Waals surface area contributed by atoms with Crippen LogP contribution in [0.15, 0.2) is 12.3 Å². The summed E-state index contributed by atoms with van der Waals surface area (Å²) in [6.45, 7) is 7.36. The van der Waals surface area contributed by atoms with Gasteiger partial charge in [-0.2, -0.15) is 5.10 Å². The summed E-state index contributed by atoms with van der Waals surface area (Å²) in [5, 5.41) is 6.94. The lowest BCUT2D eigenvalue weighted by Crippen LogP contribution is -2.34. The van der Waals surface area contributed by atoms with Crippen LogP contribution in [0.4, 0.5) is 4.79 Å². The normalized spacial score (nSPS) is 13.3. The first-order valence-corrected chi connectivity index (χ1v) is 5.27. The summed E-state index contributed by atoms with van der Waals surface area (Å²) in [5.74, 6) is 0. The molecule has 0 radical (unpaired) electrons. The van der Waals surface area contributed by atoms with Crippen LogP contribution in [0.5, 0.6) is 0 Å². The molecule has 5 nitrogen and oxygen atoms in total. The summed E-state index contributed by atoms with van der Waals surface area (Å²) >= 11 is 0. The Morgan fingerprint density at radius 3 is 2.62 bits per heavy atom. The van der Waals surface area contributed by atoms with E-state index in [0.717, 1.165) is 5.69 Å². The van der Waals surface area contributed by atoms with Crippen LogP contribution in [-0.4, -0.2) is 21.5 Å². The molecule has 0 saturated heterocycles. The quantitative estimate of drug-likeness (QED) is 0.837. The standard InChI is InChI=1S/C11H19N3O2/c1-8(9-6-7-14(5)13-9)12-10(15)16-11(2,3)4/h6-8H,1-5H3,(H,12,15)/t8-/m1/s1. The predicted octanol–water partition coefficient (Wildman–Crippen LogP) is 2.01. The number of aryl methyl sites for hydroxylation is 1. The number of rotatable bonds is 2. The van der Waals surface area contributed by atoms with Crippen LogP contribution in [0.1, 0.15) is 39.4 Å². The number of carbonyl (C=O) groups is 1. The summed E-state index contributed by atoms with van der Waals surface area (Å²) < 4.78 is 6.85. The fourth-order valence-corrected chi connectivity index (χ4v) is 1.22. The molecule has 1 heterocycles. The van der Waals surface area contributed by atoms with Gasteiger partial charge in [0.25, 0.3) is 0 Å². The van der Waals surface area contributed by atoms with Crippen LogP contribution in [-0.2, 0) is 11.8 Å². The topological polar surface area (TPSA) is 56.1 Å². The third-order valence-electron chi connectivity index (χ3n) is 1.91. The van der Waals surface area contributed by atoms with Gasteiger partial charge in [0.2, 0.25) is 0 Å². The van der Waals surface area contributed by atoms with E-state index in [1.165, 1.54) is 0 Å². The molecule has 1 amide bonds. The van der Waals surface area contributed by atoms with E-state index in [4.69, 9.17) is 4.74 Å². The van der Waals surface area contributed by atoms with Crippen molar-refractivity contribution in [2.24, 2.45) is 7.05 Å². The fraction of sp³-hybridized carbons (Fsp3) is 0.636. The first-order chi connectivity index (χ1) is 7.28. The molecule has 0 bridgehead atoms. The molecule has 1 N–H and O–H groups in total. The van der Waals surface area contributed by atoms with E-state index in [1.54, 1.807) is 4.68 Å². The minimum absolute atomic E-state index is 0.156. The summed E-state index contributed by atoms with van der Waals surface area (Å²) in [6.07, 6.45) is 1.41. The van der Waals surface area contributed by atoms with Gasteiger partial charge in [0.15, 0.2) is 0 Å². The molecule has 0 spiro atoms. The highest BCUT2D eigenvalue weighted by Gasteiger charge is 2.18. The Kier molecular flexibility index (Phi) is 3.57. The number of ether oxygens (including phenoxy) is 1. The molecule has 0 saturated carbocycles. The number of alkyl carbamates (subject to hydrolysis) is 1. The molecule has 0 fully saturated rings. The second kappa shape index (κ2) is 4.55. The molecule has 0 aliphatic heterocycles. The maximum absolute atomic E-state index is 11.5. The van der Waals surface area contributed by atoms with Crippen molar-refractivity contribution in [2.45, 2.75) is 39.3 Å². The second-order valence-electron chi connectivity index (χ2n) is 4.78. The van der Waals surface area contributed by atoms with Crippen LogP contribution in [0.2, 0.25) is 0 Å². The molecule has 0 aliphatic rings. The van der Waals surface area contributed by atoms with Crippen molar-refractivity contribution in [2.75, 3.05) is 0 Å². The van der Waals surface area contributed by atoms with E-state index in [1.807, 2.05) is 47.0 Å². The Bertz CT molecular complexity index is 366. The van der Waals surface area contributed by atoms with Crippen molar-refractivity contribution in [3.63, 3.8) is 0 Å². The van der Waals surface area contributed by atoms with Crippen molar-refractivity contribution in [3.05, 3.63) is 18.0 Å². The van der Waals surface area contributed by atoms with Gasteiger partial charge in [-0.1, -0.05) is 0 Å². The van der Waals surface area contributed by atoms with Gasteiger partial charge in [0.05, 0.1) is 11.7 Å². The largest absolute Gasteiger partial charge is 0.444 e. The van der Waals surface area contributed by atoms with Gasteiger partial charge in [-0.25, -0.2) is 4.79 Å². The van der Waals surface area contributed by atoms with Gasteiger partial charge in [0, 0.05) is 13.2 Å². The fourth-order valence-electron chi connectivity index (χ4n) is 1.22. The lowest BCUT2D eigenvalue weighted by atomic mass is 10.2. The Labute approximate surface area is 95.8 Å². The van der Waals surface area contributed by atoms with E-state index in [0.29, 0.717) is 0 Å². The minimum Gasteiger partial charge on any atom is -0.444 e. The molecule has 90 valence electrons. The average Bonchev–Trinajstić information content (AvgIpc) is 2.47. The Morgan fingerprint density at radius 2 is 2.19 bits per heavy atom. The van der Waals surface area contributed by atoms with Crippen LogP contribution >= 0.6 is 0 Å². The molecule has 1 atom stereocenters. The summed E-state index contributed by atoms with van der Waals surface area (Å²) in [7, 11) is 1.84. The molecule has 0 unspecified atom stereocenters. The van der Waals surface area contributed by atoms with Crippen molar-refractivity contribution in [3.8, 4) is 0 Å². The van der Waals surface area contributed by atoms with E-state index >= 15 is 0 Å². The second-order valence-corrected chi connectivity index (χ2v) is 4.78. The molecule has 1 aromatic heterocycles. The molecule has 1 rings (SSSR count). The minimum atomic E-state index is -0.478. The lowest BCUT2D eigenvalue weighted by Gasteiger charge is -2.21. The smallest absolute Gasteiger partial charge is 0.408 e. The van der Waals surface area contributed by atoms with E-state index in [9.17, 15) is 4.79 Å². The SMILES string of the molecule is C[C@@H](NC(=O)OC(C)(C)C)c1ccn(C)n1. The van der Waals surface area contributed by atoms with Gasteiger partial charge >= 0.3 is 6.09 Å². The van der Waals surface area contributed by atoms with E-state index in [-0.39, 0.29) is 6.04 Å². The monoisotopic (exact) mass is 225 g/mol. The molecular formula is C11H19N3O2. The third kappa shape index (κ3) is 3.92. The first kappa shape index (κ1) is 12.5. The first-order valence-electron chi connectivity index (χ1n) is 5.27. The maximum atomic E-state index is 11.5. The zero-order valence-electron chi connectivity index (χ0n) is 10.4. The third-order valence-corrected chi connectivity index (χ3v) is 1.91. The van der Waals surface area contributed by atoms with Gasteiger partial charge in [-0.05, 0) is 33.8 Å². The Morgan fingerprint density at radius 1 is 1.56 bits per heavy atom. The van der Waals surface area contributed by atoms with Crippen molar-refractivity contribution >= 4 is 6.09 Å². The predicted molar refractivity (Wildman–Crippen MR) is 61.0 cm³/mol. The Hall–Kier alpha value is -1.52. The number of hydrogen-bond acceptors (Lipinski definition) is 3. The highest BCUT2D eigenvalue weighted by Crippen LogP contribution is 2.11. The zero-order chi connectivity index (χ0) is 12.3. The molecule has 5 heteroatoms. The van der Waals surface area contributed by atoms with Crippen molar-refractivity contribution in [1.82, 2.24) is 15.1 Å². The summed E-state index contributed by atoms with van der Waals surface area (Å²) in [5.41, 5.74) is 0.335. The molecular weight excluding hydrogens is 206 g/mol. The highest BCUT2D eigenvalue weighted by molar-refractivity contribution is 5.68. The molecule has 1 aromatic rings. The Balaban J connectivity index is 2.52. The average molecular weight is 225 g/mol.